The van der Waals surface area contributed by atoms with Gasteiger partial charge in [0.15, 0.2) is 0 Å². The monoisotopic (exact) mass is 252 g/mol. The maximum absolute atomic E-state index is 12.3. The summed E-state index contributed by atoms with van der Waals surface area (Å²) in [6.45, 7) is 5.07. The summed E-state index contributed by atoms with van der Waals surface area (Å²) in [4.78, 5) is 18.0. The lowest BCUT2D eigenvalue weighted by atomic mass is 9.89. The first-order chi connectivity index (χ1) is 8.65. The van der Waals surface area contributed by atoms with Gasteiger partial charge in [-0.3, -0.25) is 4.79 Å². The number of nitrogens with zero attached hydrogens (tertiary/aromatic N) is 3. The summed E-state index contributed by atoms with van der Waals surface area (Å²) in [6, 6.07) is 0.0926. The van der Waals surface area contributed by atoms with Gasteiger partial charge in [-0.2, -0.15) is 4.98 Å². The molecule has 0 radical (unpaired) electrons. The van der Waals surface area contributed by atoms with Crippen molar-refractivity contribution >= 4 is 5.91 Å². The van der Waals surface area contributed by atoms with Crippen LogP contribution in [0, 0.1) is 12.8 Å². The average Bonchev–Trinajstić information content (AvgIpc) is 2.83. The third kappa shape index (κ3) is 2.53. The van der Waals surface area contributed by atoms with Crippen LogP contribution in [0.5, 0.6) is 0 Å². The molecule has 2 unspecified atom stereocenters. The molecule has 0 spiro atoms. The van der Waals surface area contributed by atoms with Crippen molar-refractivity contribution in [1.82, 2.24) is 15.0 Å². The van der Waals surface area contributed by atoms with Gasteiger partial charge in [0, 0.05) is 26.1 Å². The van der Waals surface area contributed by atoms with E-state index < -0.39 is 0 Å². The van der Waals surface area contributed by atoms with E-state index in [9.17, 15) is 4.79 Å². The van der Waals surface area contributed by atoms with Crippen LogP contribution in [0.3, 0.4) is 0 Å². The molecule has 6 heteroatoms. The van der Waals surface area contributed by atoms with E-state index in [2.05, 4.69) is 17.1 Å². The molecule has 2 rings (SSSR count). The van der Waals surface area contributed by atoms with Crippen molar-refractivity contribution < 1.29 is 9.32 Å². The Bertz CT molecular complexity index is 418. The number of hydrogen-bond donors (Lipinski definition) is 1. The van der Waals surface area contributed by atoms with E-state index in [0.717, 1.165) is 25.8 Å². The van der Waals surface area contributed by atoms with Gasteiger partial charge in [-0.15, -0.1) is 0 Å². The summed E-state index contributed by atoms with van der Waals surface area (Å²) in [5.74, 6) is 1.04. The number of nitrogens with two attached hydrogens (primary N) is 1. The van der Waals surface area contributed by atoms with Gasteiger partial charge >= 0.3 is 0 Å². The maximum atomic E-state index is 12.3. The van der Waals surface area contributed by atoms with Gasteiger partial charge < -0.3 is 15.2 Å². The minimum Gasteiger partial charge on any atom is -0.339 e. The number of rotatable bonds is 3. The van der Waals surface area contributed by atoms with Crippen molar-refractivity contribution in [3.63, 3.8) is 0 Å². The zero-order valence-electron chi connectivity index (χ0n) is 10.9. The second-order valence-electron chi connectivity index (χ2n) is 4.82. The zero-order chi connectivity index (χ0) is 13.1. The van der Waals surface area contributed by atoms with Crippen LogP contribution in [-0.4, -0.2) is 40.1 Å². The van der Waals surface area contributed by atoms with Crippen LogP contribution in [-0.2, 0) is 0 Å². The highest BCUT2D eigenvalue weighted by Gasteiger charge is 2.32. The number of carbonyl (C=O) groups is 1. The fourth-order valence-electron chi connectivity index (χ4n) is 2.51. The smallest absolute Gasteiger partial charge is 0.295 e. The van der Waals surface area contributed by atoms with Crippen LogP contribution >= 0.6 is 0 Å². The highest BCUT2D eigenvalue weighted by molar-refractivity contribution is 5.90. The van der Waals surface area contributed by atoms with Crippen LogP contribution in [0.15, 0.2) is 4.52 Å². The van der Waals surface area contributed by atoms with Crippen LogP contribution in [0.1, 0.15) is 42.7 Å². The Labute approximate surface area is 107 Å². The number of piperidine rings is 1. The first-order valence-corrected chi connectivity index (χ1v) is 6.47. The van der Waals surface area contributed by atoms with E-state index in [1.54, 1.807) is 11.8 Å². The van der Waals surface area contributed by atoms with Crippen molar-refractivity contribution in [3.05, 3.63) is 11.7 Å². The van der Waals surface area contributed by atoms with Crippen LogP contribution in [0.4, 0.5) is 0 Å². The summed E-state index contributed by atoms with van der Waals surface area (Å²) in [5.41, 5.74) is 5.77. The molecule has 1 aliphatic rings. The summed E-state index contributed by atoms with van der Waals surface area (Å²) in [7, 11) is 0. The van der Waals surface area contributed by atoms with Gasteiger partial charge in [-0.25, -0.2) is 0 Å². The molecule has 2 N–H and O–H groups in total. The molecule has 6 nitrogen and oxygen atoms in total. The first-order valence-electron chi connectivity index (χ1n) is 6.47. The predicted molar refractivity (Wildman–Crippen MR) is 65.9 cm³/mol. The highest BCUT2D eigenvalue weighted by Crippen LogP contribution is 2.25. The van der Waals surface area contributed by atoms with E-state index in [-0.39, 0.29) is 17.8 Å². The molecule has 0 bridgehead atoms. The molecule has 1 fully saturated rings. The minimum absolute atomic E-state index is 0.0926. The molecule has 18 heavy (non-hydrogen) atoms. The van der Waals surface area contributed by atoms with Crippen LogP contribution in [0.25, 0.3) is 0 Å². The molecule has 100 valence electrons. The first kappa shape index (κ1) is 13.0. The molecule has 1 aromatic heterocycles. The number of likely N-dealkylation sites (tertiary alicyclic amines) is 1. The van der Waals surface area contributed by atoms with E-state index in [0.29, 0.717) is 18.4 Å². The second-order valence-corrected chi connectivity index (χ2v) is 4.82. The molecular formula is C12H20N4O2. The van der Waals surface area contributed by atoms with Crippen molar-refractivity contribution in [3.8, 4) is 0 Å². The molecule has 1 aromatic rings. The topological polar surface area (TPSA) is 85.2 Å². The second kappa shape index (κ2) is 5.48. The average molecular weight is 252 g/mol. The van der Waals surface area contributed by atoms with Crippen molar-refractivity contribution in [2.75, 3.05) is 13.1 Å². The van der Waals surface area contributed by atoms with E-state index in [1.807, 2.05) is 0 Å². The summed E-state index contributed by atoms with van der Waals surface area (Å²) in [5, 5.41) is 3.68. The number of carbonyl (C=O) groups excluding carboxylic acids is 1. The number of aromatic nitrogens is 2. The van der Waals surface area contributed by atoms with Crippen LogP contribution < -0.4 is 5.73 Å². The minimum atomic E-state index is -0.170. The lowest BCUT2D eigenvalue weighted by molar-refractivity contribution is 0.0543. The molecule has 0 saturated carbocycles. The predicted octanol–water partition coefficient (Wildman–Crippen LogP) is 0.968. The Morgan fingerprint density at radius 1 is 1.61 bits per heavy atom. The third-order valence-corrected chi connectivity index (χ3v) is 3.65. The zero-order valence-corrected chi connectivity index (χ0v) is 10.9. The Balaban J connectivity index is 2.10. The Kier molecular flexibility index (Phi) is 3.96. The molecule has 1 aliphatic heterocycles. The molecule has 1 saturated heterocycles. The van der Waals surface area contributed by atoms with Gasteiger partial charge in [-0.05, 0) is 18.8 Å². The van der Waals surface area contributed by atoms with Crippen molar-refractivity contribution in [2.24, 2.45) is 11.7 Å². The Morgan fingerprint density at radius 2 is 2.39 bits per heavy atom. The van der Waals surface area contributed by atoms with E-state index in [4.69, 9.17) is 10.3 Å². The highest BCUT2D eigenvalue weighted by atomic mass is 16.5. The number of aryl methyl sites for hydroxylation is 1. The third-order valence-electron chi connectivity index (χ3n) is 3.65. The van der Waals surface area contributed by atoms with Crippen molar-refractivity contribution in [2.45, 2.75) is 39.2 Å². The largest absolute Gasteiger partial charge is 0.339 e. The summed E-state index contributed by atoms with van der Waals surface area (Å²) in [6.07, 6.45) is 3.13. The molecule has 1 amide bonds. The fourth-order valence-corrected chi connectivity index (χ4v) is 2.51. The lowest BCUT2D eigenvalue weighted by Crippen LogP contribution is -2.49. The molecule has 2 heterocycles. The SMILES string of the molecule is CCC1CCN(C(=O)c2noc(C)n2)C(CN)C1. The maximum Gasteiger partial charge on any atom is 0.295 e. The summed E-state index contributed by atoms with van der Waals surface area (Å²) >= 11 is 0. The van der Waals surface area contributed by atoms with Crippen LogP contribution in [0.2, 0.25) is 0 Å². The Hall–Kier alpha value is -1.43. The van der Waals surface area contributed by atoms with Gasteiger partial charge in [-0.1, -0.05) is 18.5 Å². The molecule has 0 aromatic carbocycles. The van der Waals surface area contributed by atoms with Gasteiger partial charge in [0.25, 0.3) is 11.7 Å². The molecule has 2 atom stereocenters. The van der Waals surface area contributed by atoms with Gasteiger partial charge in [0.1, 0.15) is 0 Å². The quantitative estimate of drug-likeness (QED) is 0.866. The molecule has 0 aliphatic carbocycles. The standard InChI is InChI=1S/C12H20N4O2/c1-3-9-4-5-16(10(6-9)7-13)12(17)11-14-8(2)18-15-11/h9-10H,3-7,13H2,1-2H3. The normalized spacial score (nSPS) is 24.3. The molecular weight excluding hydrogens is 232 g/mol. The lowest BCUT2D eigenvalue weighted by Gasteiger charge is -2.38. The number of hydrogen-bond acceptors (Lipinski definition) is 5. The fraction of sp³-hybridized carbons (Fsp3) is 0.750. The Morgan fingerprint density at radius 3 is 2.94 bits per heavy atom. The van der Waals surface area contributed by atoms with E-state index >= 15 is 0 Å². The van der Waals surface area contributed by atoms with Gasteiger partial charge in [0.2, 0.25) is 5.89 Å². The summed E-state index contributed by atoms with van der Waals surface area (Å²) < 4.78 is 4.85. The van der Waals surface area contributed by atoms with E-state index in [1.165, 1.54) is 0 Å². The van der Waals surface area contributed by atoms with Crippen molar-refractivity contribution in [1.29, 1.82) is 0 Å². The van der Waals surface area contributed by atoms with Gasteiger partial charge in [0.05, 0.1) is 0 Å². The number of amides is 1.